The van der Waals surface area contributed by atoms with Gasteiger partial charge in [0.1, 0.15) is 0 Å². The van der Waals surface area contributed by atoms with Crippen LogP contribution in [0, 0.1) is 6.92 Å². The lowest BCUT2D eigenvalue weighted by Gasteiger charge is -2.07. The minimum Gasteiger partial charge on any atom is -0.421 e. The lowest BCUT2D eigenvalue weighted by molar-refractivity contribution is -0.115. The van der Waals surface area contributed by atoms with Gasteiger partial charge in [0.25, 0.3) is 0 Å². The van der Waals surface area contributed by atoms with Crippen molar-refractivity contribution < 1.29 is 9.21 Å². The molecule has 0 fully saturated rings. The number of hydrogen-bond acceptors (Lipinski definition) is 5. The number of aromatic nitrogens is 2. The summed E-state index contributed by atoms with van der Waals surface area (Å²) < 4.78 is 5.36. The van der Waals surface area contributed by atoms with Crippen molar-refractivity contribution in [3.05, 3.63) is 30.2 Å². The Balaban J connectivity index is 2.28. The summed E-state index contributed by atoms with van der Waals surface area (Å²) in [6, 6.07) is 7.30. The molecule has 0 aliphatic rings. The van der Waals surface area contributed by atoms with Crippen molar-refractivity contribution in [1.29, 1.82) is 0 Å². The fraction of sp³-hybridized carbons (Fsp3) is 0.250. The van der Waals surface area contributed by atoms with Gasteiger partial charge >= 0.3 is 0 Å². The number of nitrogens with zero attached hydrogens (tertiary/aromatic N) is 2. The summed E-state index contributed by atoms with van der Waals surface area (Å²) in [7, 11) is 1.72. The number of anilines is 1. The van der Waals surface area contributed by atoms with Crippen LogP contribution in [0.1, 0.15) is 5.89 Å². The Morgan fingerprint density at radius 2 is 2.11 bits per heavy atom. The summed E-state index contributed by atoms with van der Waals surface area (Å²) in [5.41, 5.74) is 1.36. The number of aryl methyl sites for hydroxylation is 1. The SMILES string of the molecule is CNCC(=O)Nc1ccccc1-c1nnc(C)o1. The zero-order chi connectivity index (χ0) is 13.0. The normalized spacial score (nSPS) is 10.3. The number of carbonyl (C=O) groups is 1. The van der Waals surface area contributed by atoms with Crippen LogP contribution in [0.25, 0.3) is 11.5 Å². The highest BCUT2D eigenvalue weighted by molar-refractivity contribution is 5.95. The van der Waals surface area contributed by atoms with Crippen LogP contribution < -0.4 is 10.6 Å². The number of hydrogen-bond donors (Lipinski definition) is 2. The van der Waals surface area contributed by atoms with E-state index in [1.165, 1.54) is 0 Å². The van der Waals surface area contributed by atoms with Gasteiger partial charge in [0.2, 0.25) is 17.7 Å². The zero-order valence-electron chi connectivity index (χ0n) is 10.2. The predicted molar refractivity (Wildman–Crippen MR) is 67.0 cm³/mol. The van der Waals surface area contributed by atoms with Crippen molar-refractivity contribution in [2.24, 2.45) is 0 Å². The molecule has 1 aromatic carbocycles. The predicted octanol–water partition coefficient (Wildman–Crippen LogP) is 1.20. The topological polar surface area (TPSA) is 80.0 Å². The molecule has 0 atom stereocenters. The minimum atomic E-state index is -0.124. The Bertz CT molecular complexity index is 551. The second-order valence-corrected chi connectivity index (χ2v) is 3.75. The van der Waals surface area contributed by atoms with E-state index in [4.69, 9.17) is 4.42 Å². The third kappa shape index (κ3) is 2.72. The van der Waals surface area contributed by atoms with Crippen LogP contribution in [-0.4, -0.2) is 29.7 Å². The number of para-hydroxylation sites is 1. The van der Waals surface area contributed by atoms with Crippen LogP contribution in [0.4, 0.5) is 5.69 Å². The Morgan fingerprint density at radius 1 is 1.33 bits per heavy atom. The molecule has 0 saturated carbocycles. The molecule has 0 aliphatic carbocycles. The smallest absolute Gasteiger partial charge is 0.249 e. The van der Waals surface area contributed by atoms with E-state index in [9.17, 15) is 4.79 Å². The highest BCUT2D eigenvalue weighted by Gasteiger charge is 2.12. The van der Waals surface area contributed by atoms with Crippen molar-refractivity contribution in [2.45, 2.75) is 6.92 Å². The van der Waals surface area contributed by atoms with E-state index in [0.29, 0.717) is 23.0 Å². The van der Waals surface area contributed by atoms with E-state index < -0.39 is 0 Å². The fourth-order valence-corrected chi connectivity index (χ4v) is 1.54. The quantitative estimate of drug-likeness (QED) is 0.847. The highest BCUT2D eigenvalue weighted by atomic mass is 16.4. The Morgan fingerprint density at radius 3 is 2.78 bits per heavy atom. The number of benzene rings is 1. The van der Waals surface area contributed by atoms with Gasteiger partial charge in [-0.3, -0.25) is 4.79 Å². The maximum absolute atomic E-state index is 11.6. The average Bonchev–Trinajstić information content (AvgIpc) is 2.77. The second kappa shape index (κ2) is 5.42. The van der Waals surface area contributed by atoms with Gasteiger partial charge in [0.15, 0.2) is 0 Å². The number of amides is 1. The molecule has 2 aromatic rings. The number of carbonyl (C=O) groups excluding carboxylic acids is 1. The van der Waals surface area contributed by atoms with Crippen molar-refractivity contribution in [2.75, 3.05) is 18.9 Å². The molecular formula is C12H14N4O2. The van der Waals surface area contributed by atoms with Gasteiger partial charge in [-0.2, -0.15) is 0 Å². The largest absolute Gasteiger partial charge is 0.421 e. The molecule has 1 aromatic heterocycles. The molecule has 0 saturated heterocycles. The molecule has 0 unspecified atom stereocenters. The van der Waals surface area contributed by atoms with E-state index >= 15 is 0 Å². The van der Waals surface area contributed by atoms with Gasteiger partial charge < -0.3 is 15.1 Å². The molecule has 2 rings (SSSR count). The Labute approximate surface area is 104 Å². The van der Waals surface area contributed by atoms with Gasteiger partial charge in [-0.25, -0.2) is 0 Å². The molecule has 0 aliphatic heterocycles. The maximum atomic E-state index is 11.6. The molecule has 0 bridgehead atoms. The summed E-state index contributed by atoms with van der Waals surface area (Å²) in [5.74, 6) is 0.760. The number of rotatable bonds is 4. The van der Waals surface area contributed by atoms with E-state index in [0.717, 1.165) is 0 Å². The van der Waals surface area contributed by atoms with Crippen molar-refractivity contribution >= 4 is 11.6 Å². The van der Waals surface area contributed by atoms with E-state index in [1.807, 2.05) is 18.2 Å². The van der Waals surface area contributed by atoms with E-state index in [1.54, 1.807) is 20.0 Å². The molecule has 0 radical (unpaired) electrons. The molecular weight excluding hydrogens is 232 g/mol. The van der Waals surface area contributed by atoms with E-state index in [-0.39, 0.29) is 12.5 Å². The molecule has 6 nitrogen and oxygen atoms in total. The third-order valence-electron chi connectivity index (χ3n) is 2.29. The molecule has 6 heteroatoms. The lowest BCUT2D eigenvalue weighted by Crippen LogP contribution is -2.25. The summed E-state index contributed by atoms with van der Waals surface area (Å²) in [6.45, 7) is 1.97. The Kier molecular flexibility index (Phi) is 3.69. The molecule has 94 valence electrons. The average molecular weight is 246 g/mol. The fourth-order valence-electron chi connectivity index (χ4n) is 1.54. The first-order valence-electron chi connectivity index (χ1n) is 5.54. The summed E-state index contributed by atoms with van der Waals surface area (Å²) in [5, 5.41) is 13.3. The first-order chi connectivity index (χ1) is 8.70. The third-order valence-corrected chi connectivity index (χ3v) is 2.29. The summed E-state index contributed by atoms with van der Waals surface area (Å²) in [6.07, 6.45) is 0. The van der Waals surface area contributed by atoms with Gasteiger partial charge in [-0.15, -0.1) is 10.2 Å². The lowest BCUT2D eigenvalue weighted by atomic mass is 10.2. The molecule has 1 heterocycles. The van der Waals surface area contributed by atoms with Crippen LogP contribution in [0.3, 0.4) is 0 Å². The number of likely N-dealkylation sites (N-methyl/N-ethyl adjacent to an activating group) is 1. The highest BCUT2D eigenvalue weighted by Crippen LogP contribution is 2.26. The summed E-state index contributed by atoms with van der Waals surface area (Å²) in [4.78, 5) is 11.6. The summed E-state index contributed by atoms with van der Waals surface area (Å²) >= 11 is 0. The van der Waals surface area contributed by atoms with Crippen molar-refractivity contribution in [3.63, 3.8) is 0 Å². The van der Waals surface area contributed by atoms with Crippen molar-refractivity contribution in [3.8, 4) is 11.5 Å². The minimum absolute atomic E-state index is 0.124. The molecule has 0 spiro atoms. The van der Waals surface area contributed by atoms with Gasteiger partial charge in [-0.05, 0) is 19.2 Å². The van der Waals surface area contributed by atoms with Crippen molar-refractivity contribution in [1.82, 2.24) is 15.5 Å². The van der Waals surface area contributed by atoms with Crippen LogP contribution in [0.15, 0.2) is 28.7 Å². The van der Waals surface area contributed by atoms with Gasteiger partial charge in [0.05, 0.1) is 17.8 Å². The van der Waals surface area contributed by atoms with Gasteiger partial charge in [-0.1, -0.05) is 12.1 Å². The number of nitrogens with one attached hydrogen (secondary N) is 2. The standard InChI is InChI=1S/C12H14N4O2/c1-8-15-16-12(18-8)9-5-3-4-6-10(9)14-11(17)7-13-2/h3-6,13H,7H2,1-2H3,(H,14,17). The zero-order valence-corrected chi connectivity index (χ0v) is 10.2. The van der Waals surface area contributed by atoms with E-state index in [2.05, 4.69) is 20.8 Å². The molecule has 2 N–H and O–H groups in total. The molecule has 1 amide bonds. The van der Waals surface area contributed by atoms with Crippen LogP contribution in [-0.2, 0) is 4.79 Å². The van der Waals surface area contributed by atoms with Crippen LogP contribution >= 0.6 is 0 Å². The molecule has 18 heavy (non-hydrogen) atoms. The Hall–Kier alpha value is -2.21. The monoisotopic (exact) mass is 246 g/mol. The first kappa shape index (κ1) is 12.3. The van der Waals surface area contributed by atoms with Crippen LogP contribution in [0.2, 0.25) is 0 Å². The first-order valence-corrected chi connectivity index (χ1v) is 5.54. The van der Waals surface area contributed by atoms with Gasteiger partial charge in [0, 0.05) is 6.92 Å². The maximum Gasteiger partial charge on any atom is 0.249 e. The second-order valence-electron chi connectivity index (χ2n) is 3.75. The van der Waals surface area contributed by atoms with Crippen LogP contribution in [0.5, 0.6) is 0 Å².